The van der Waals surface area contributed by atoms with Gasteiger partial charge in [-0.05, 0) is 57.0 Å². The number of para-hydroxylation sites is 1. The molecule has 0 atom stereocenters. The van der Waals surface area contributed by atoms with Crippen molar-refractivity contribution in [2.24, 2.45) is 0 Å². The molecule has 2 heterocycles. The summed E-state index contributed by atoms with van der Waals surface area (Å²) >= 11 is 0. The van der Waals surface area contributed by atoms with E-state index in [9.17, 15) is 14.4 Å². The molecule has 0 saturated carbocycles. The molecule has 2 aromatic carbocycles. The number of carbonyl (C=O) groups is 1. The Morgan fingerprint density at radius 1 is 0.833 bits per heavy atom. The van der Waals surface area contributed by atoms with Gasteiger partial charge in [0.1, 0.15) is 0 Å². The Morgan fingerprint density at radius 3 is 2.23 bits per heavy atom. The van der Waals surface area contributed by atoms with Crippen LogP contribution in [0, 0.1) is 13.8 Å². The van der Waals surface area contributed by atoms with E-state index in [0.29, 0.717) is 18.7 Å². The molecule has 4 rings (SSSR count). The molecule has 30 heavy (non-hydrogen) atoms. The van der Waals surface area contributed by atoms with Crippen LogP contribution < -0.4 is 11.2 Å². The largest absolute Gasteiger partial charge is 0.329 e. The fourth-order valence-corrected chi connectivity index (χ4v) is 4.28. The first-order valence-electron chi connectivity index (χ1n) is 10.2. The van der Waals surface area contributed by atoms with Gasteiger partial charge in [-0.1, -0.05) is 18.2 Å². The number of fused-ring (bicyclic) bond motifs is 2. The number of aryl methyl sites for hydroxylation is 4. The summed E-state index contributed by atoms with van der Waals surface area (Å²) < 4.78 is 4.93. The number of carbonyl (C=O) groups excluding carboxylic acids is 1. The van der Waals surface area contributed by atoms with Gasteiger partial charge in [-0.3, -0.25) is 18.7 Å². The molecule has 0 N–H and O–H groups in total. The molecule has 6 heteroatoms. The molecule has 0 fully saturated rings. The molecule has 0 aliphatic rings. The minimum absolute atomic E-state index is 0.0448. The van der Waals surface area contributed by atoms with Gasteiger partial charge in [-0.15, -0.1) is 0 Å². The Morgan fingerprint density at radius 2 is 1.53 bits per heavy atom. The van der Waals surface area contributed by atoms with E-state index in [4.69, 9.17) is 0 Å². The fraction of sp³-hybridized carbons (Fsp3) is 0.292. The summed E-state index contributed by atoms with van der Waals surface area (Å²) in [6, 6.07) is 12.8. The summed E-state index contributed by atoms with van der Waals surface area (Å²) in [5, 5.41) is 0.970. The molecule has 0 aliphatic carbocycles. The van der Waals surface area contributed by atoms with Crippen molar-refractivity contribution >= 4 is 27.7 Å². The normalized spacial score (nSPS) is 11.5. The van der Waals surface area contributed by atoms with Crippen LogP contribution in [0.15, 0.2) is 52.1 Å². The maximum Gasteiger partial charge on any atom is 0.329 e. The highest BCUT2D eigenvalue weighted by Crippen LogP contribution is 2.21. The topological polar surface area (TPSA) is 66.0 Å². The Kier molecular flexibility index (Phi) is 4.94. The van der Waals surface area contributed by atoms with Crippen molar-refractivity contribution in [3.8, 4) is 0 Å². The van der Waals surface area contributed by atoms with Gasteiger partial charge in [-0.2, -0.15) is 0 Å². The van der Waals surface area contributed by atoms with Crippen LogP contribution in [0.2, 0.25) is 0 Å². The Hall–Kier alpha value is -3.41. The Labute approximate surface area is 174 Å². The van der Waals surface area contributed by atoms with Gasteiger partial charge in [0.15, 0.2) is 5.78 Å². The highest BCUT2D eigenvalue weighted by molar-refractivity contribution is 5.99. The number of ketones is 1. The van der Waals surface area contributed by atoms with Gasteiger partial charge in [0, 0.05) is 30.1 Å². The lowest BCUT2D eigenvalue weighted by Gasteiger charge is -2.14. The number of hydrogen-bond acceptors (Lipinski definition) is 3. The summed E-state index contributed by atoms with van der Waals surface area (Å²) in [5.41, 5.74) is 4.43. The van der Waals surface area contributed by atoms with Gasteiger partial charge in [0.2, 0.25) is 0 Å². The molecule has 0 amide bonds. The van der Waals surface area contributed by atoms with E-state index in [1.54, 1.807) is 31.9 Å². The third kappa shape index (κ3) is 3.00. The number of pyridine rings is 1. The molecular weight excluding hydrogens is 378 g/mol. The van der Waals surface area contributed by atoms with Crippen molar-refractivity contribution in [3.05, 3.63) is 80.0 Å². The van der Waals surface area contributed by atoms with E-state index in [-0.39, 0.29) is 23.6 Å². The molecule has 2 aromatic heterocycles. The van der Waals surface area contributed by atoms with Crippen LogP contribution in [0.5, 0.6) is 0 Å². The van der Waals surface area contributed by atoms with E-state index < -0.39 is 0 Å². The predicted octanol–water partition coefficient (Wildman–Crippen LogP) is 3.66. The van der Waals surface area contributed by atoms with E-state index >= 15 is 0 Å². The quantitative estimate of drug-likeness (QED) is 0.478. The monoisotopic (exact) mass is 403 g/mol. The van der Waals surface area contributed by atoms with Crippen LogP contribution in [-0.2, 0) is 19.6 Å². The number of benzene rings is 2. The summed E-state index contributed by atoms with van der Waals surface area (Å²) in [6.07, 6.45) is 0. The fourth-order valence-electron chi connectivity index (χ4n) is 4.28. The standard InChI is InChI=1S/C24H25N3O3/c1-5-25-19-11-10-17(13-20(19)26(6-2)24(25)30)21(28)14-27-22(29)12-16(4)18-9-7-8-15(3)23(18)27/h7-13H,5-6,14H2,1-4H3. The molecule has 0 saturated heterocycles. The van der Waals surface area contributed by atoms with Crippen molar-refractivity contribution in [2.75, 3.05) is 0 Å². The van der Waals surface area contributed by atoms with Crippen LogP contribution in [0.1, 0.15) is 35.3 Å². The number of Topliss-reactive ketones (excluding diaryl/α,β-unsaturated/α-hetero) is 1. The molecule has 0 spiro atoms. The van der Waals surface area contributed by atoms with Crippen molar-refractivity contribution in [1.82, 2.24) is 13.7 Å². The van der Waals surface area contributed by atoms with Crippen molar-refractivity contribution in [1.29, 1.82) is 0 Å². The van der Waals surface area contributed by atoms with E-state index in [1.165, 1.54) is 0 Å². The zero-order chi connectivity index (χ0) is 21.6. The van der Waals surface area contributed by atoms with Gasteiger partial charge in [0.05, 0.1) is 23.1 Å². The van der Waals surface area contributed by atoms with E-state index in [0.717, 1.165) is 33.1 Å². The van der Waals surface area contributed by atoms with Crippen molar-refractivity contribution in [2.45, 2.75) is 47.3 Å². The maximum atomic E-state index is 13.2. The van der Waals surface area contributed by atoms with Gasteiger partial charge < -0.3 is 4.57 Å². The summed E-state index contributed by atoms with van der Waals surface area (Å²) in [6.45, 7) is 8.75. The lowest BCUT2D eigenvalue weighted by Crippen LogP contribution is -2.25. The predicted molar refractivity (Wildman–Crippen MR) is 120 cm³/mol. The summed E-state index contributed by atoms with van der Waals surface area (Å²) in [4.78, 5) is 38.5. The molecule has 6 nitrogen and oxygen atoms in total. The zero-order valence-electron chi connectivity index (χ0n) is 17.7. The summed E-state index contributed by atoms with van der Waals surface area (Å²) in [5.74, 6) is -0.160. The molecule has 154 valence electrons. The SMILES string of the molecule is CCn1c(=O)n(CC)c2cc(C(=O)Cn3c(=O)cc(C)c4cccc(C)c43)ccc21. The van der Waals surface area contributed by atoms with E-state index in [1.807, 2.05) is 52.0 Å². The highest BCUT2D eigenvalue weighted by Gasteiger charge is 2.16. The zero-order valence-corrected chi connectivity index (χ0v) is 17.7. The van der Waals surface area contributed by atoms with Crippen molar-refractivity contribution < 1.29 is 4.79 Å². The lowest BCUT2D eigenvalue weighted by atomic mass is 10.1. The third-order valence-corrected chi connectivity index (χ3v) is 5.81. The Bertz CT molecular complexity index is 1420. The van der Waals surface area contributed by atoms with Gasteiger partial charge in [-0.25, -0.2) is 4.79 Å². The minimum Gasteiger partial charge on any atom is -0.300 e. The molecule has 0 unspecified atom stereocenters. The second-order valence-electron chi connectivity index (χ2n) is 7.62. The molecular formula is C24H25N3O3. The number of nitrogens with zero attached hydrogens (tertiary/aromatic N) is 3. The number of aromatic nitrogens is 3. The average molecular weight is 403 g/mol. The lowest BCUT2D eigenvalue weighted by molar-refractivity contribution is 0.0972. The first kappa shape index (κ1) is 19.9. The average Bonchev–Trinajstić information content (AvgIpc) is 3.00. The number of imidazole rings is 1. The second kappa shape index (κ2) is 7.44. The highest BCUT2D eigenvalue weighted by atomic mass is 16.2. The maximum absolute atomic E-state index is 13.2. The molecule has 0 bridgehead atoms. The molecule has 4 aromatic rings. The van der Waals surface area contributed by atoms with Crippen LogP contribution in [-0.4, -0.2) is 19.5 Å². The molecule has 0 aliphatic heterocycles. The first-order valence-corrected chi connectivity index (χ1v) is 10.2. The number of hydrogen-bond donors (Lipinski definition) is 0. The second-order valence-corrected chi connectivity index (χ2v) is 7.62. The summed E-state index contributed by atoms with van der Waals surface area (Å²) in [7, 11) is 0. The number of rotatable bonds is 5. The van der Waals surface area contributed by atoms with Crippen LogP contribution in [0.4, 0.5) is 0 Å². The van der Waals surface area contributed by atoms with Crippen molar-refractivity contribution in [3.63, 3.8) is 0 Å². The minimum atomic E-state index is -0.189. The Balaban J connectivity index is 1.83. The van der Waals surface area contributed by atoms with Gasteiger partial charge in [0.25, 0.3) is 5.56 Å². The first-order chi connectivity index (χ1) is 14.4. The van der Waals surface area contributed by atoms with Crippen LogP contribution in [0.25, 0.3) is 21.9 Å². The van der Waals surface area contributed by atoms with Gasteiger partial charge >= 0.3 is 5.69 Å². The van der Waals surface area contributed by atoms with Crippen LogP contribution >= 0.6 is 0 Å². The van der Waals surface area contributed by atoms with Crippen LogP contribution in [0.3, 0.4) is 0 Å². The molecule has 0 radical (unpaired) electrons. The third-order valence-electron chi connectivity index (χ3n) is 5.81. The van der Waals surface area contributed by atoms with E-state index in [2.05, 4.69) is 0 Å². The smallest absolute Gasteiger partial charge is 0.300 e.